The smallest absolute Gasteiger partial charge is 0.132 e. The van der Waals surface area contributed by atoms with Crippen LogP contribution in [-0.2, 0) is 6.42 Å². The molecule has 2 aromatic rings. The number of nitrogens with zero attached hydrogens (tertiary/aromatic N) is 2. The van der Waals surface area contributed by atoms with Crippen LogP contribution in [0, 0.1) is 6.92 Å². The number of nitrogens with one attached hydrogen (secondary N) is 1. The lowest BCUT2D eigenvalue weighted by atomic mass is 10.0. The van der Waals surface area contributed by atoms with Crippen molar-refractivity contribution in [2.24, 2.45) is 0 Å². The van der Waals surface area contributed by atoms with E-state index in [9.17, 15) is 0 Å². The Morgan fingerprint density at radius 1 is 1.16 bits per heavy atom. The number of benzene rings is 1. The maximum absolute atomic E-state index is 4.44. The van der Waals surface area contributed by atoms with Crippen molar-refractivity contribution in [2.45, 2.75) is 33.6 Å². The molecule has 1 heterocycles. The molecule has 0 aliphatic carbocycles. The predicted molar refractivity (Wildman–Crippen MR) is 80.4 cm³/mol. The lowest BCUT2D eigenvalue weighted by Gasteiger charge is -2.11. The average molecular weight is 255 g/mol. The summed E-state index contributed by atoms with van der Waals surface area (Å²) in [6.45, 7) is 7.33. The molecule has 0 unspecified atom stereocenters. The van der Waals surface area contributed by atoms with E-state index in [-0.39, 0.29) is 0 Å². The monoisotopic (exact) mass is 255 g/mol. The fourth-order valence-corrected chi connectivity index (χ4v) is 2.10. The Morgan fingerprint density at radius 3 is 2.74 bits per heavy atom. The van der Waals surface area contributed by atoms with Crippen LogP contribution in [0.25, 0.3) is 11.3 Å². The lowest BCUT2D eigenvalue weighted by molar-refractivity contribution is 0.960. The first-order chi connectivity index (χ1) is 9.26. The molecule has 0 atom stereocenters. The average Bonchev–Trinajstić information content (AvgIpc) is 2.46. The molecular formula is C16H21N3. The Morgan fingerprint density at radius 2 is 2.00 bits per heavy atom. The Bertz CT molecular complexity index is 549. The topological polar surface area (TPSA) is 37.8 Å². The molecule has 2 rings (SSSR count). The lowest BCUT2D eigenvalue weighted by Crippen LogP contribution is -2.05. The quantitative estimate of drug-likeness (QED) is 0.882. The van der Waals surface area contributed by atoms with E-state index in [0.717, 1.165) is 36.5 Å². The number of hydrogen-bond acceptors (Lipinski definition) is 3. The second kappa shape index (κ2) is 6.32. The summed E-state index contributed by atoms with van der Waals surface area (Å²) >= 11 is 0. The van der Waals surface area contributed by atoms with Crippen molar-refractivity contribution >= 4 is 5.82 Å². The minimum absolute atomic E-state index is 0.937. The highest BCUT2D eigenvalue weighted by Crippen LogP contribution is 2.25. The van der Waals surface area contributed by atoms with E-state index >= 15 is 0 Å². The van der Waals surface area contributed by atoms with Gasteiger partial charge in [-0.05, 0) is 31.4 Å². The molecule has 0 saturated carbocycles. The zero-order valence-corrected chi connectivity index (χ0v) is 11.9. The van der Waals surface area contributed by atoms with Gasteiger partial charge < -0.3 is 5.32 Å². The molecular weight excluding hydrogens is 234 g/mol. The SMILES string of the molecule is CCCNc1ncnc(-c2cccc(CC)c2)c1C. The van der Waals surface area contributed by atoms with Crippen LogP contribution in [0.15, 0.2) is 30.6 Å². The highest BCUT2D eigenvalue weighted by molar-refractivity contribution is 5.68. The maximum atomic E-state index is 4.44. The number of anilines is 1. The first kappa shape index (κ1) is 13.5. The molecule has 1 aromatic heterocycles. The fourth-order valence-electron chi connectivity index (χ4n) is 2.10. The maximum Gasteiger partial charge on any atom is 0.132 e. The van der Waals surface area contributed by atoms with Crippen molar-refractivity contribution in [1.29, 1.82) is 0 Å². The van der Waals surface area contributed by atoms with Crippen LogP contribution < -0.4 is 5.32 Å². The highest BCUT2D eigenvalue weighted by Gasteiger charge is 2.08. The van der Waals surface area contributed by atoms with Gasteiger partial charge in [-0.15, -0.1) is 0 Å². The third-order valence-electron chi connectivity index (χ3n) is 3.24. The van der Waals surface area contributed by atoms with Crippen LogP contribution in [0.5, 0.6) is 0 Å². The molecule has 0 aliphatic rings. The third kappa shape index (κ3) is 3.11. The van der Waals surface area contributed by atoms with E-state index in [4.69, 9.17) is 0 Å². The summed E-state index contributed by atoms with van der Waals surface area (Å²) in [6.07, 6.45) is 3.77. The van der Waals surface area contributed by atoms with Crippen LogP contribution in [0.2, 0.25) is 0 Å². The van der Waals surface area contributed by atoms with Gasteiger partial charge >= 0.3 is 0 Å². The molecule has 1 N–H and O–H groups in total. The van der Waals surface area contributed by atoms with Crippen molar-refractivity contribution in [3.8, 4) is 11.3 Å². The first-order valence-corrected chi connectivity index (χ1v) is 6.91. The van der Waals surface area contributed by atoms with Gasteiger partial charge in [0, 0.05) is 17.7 Å². The van der Waals surface area contributed by atoms with Crippen LogP contribution >= 0.6 is 0 Å². The van der Waals surface area contributed by atoms with Gasteiger partial charge in [0.2, 0.25) is 0 Å². The van der Waals surface area contributed by atoms with Crippen molar-refractivity contribution in [2.75, 3.05) is 11.9 Å². The molecule has 1 aromatic carbocycles. The standard InChI is InChI=1S/C16H21N3/c1-4-9-17-16-12(3)15(18-11-19-16)14-8-6-7-13(5-2)10-14/h6-8,10-11H,4-5,9H2,1-3H3,(H,17,18,19). The summed E-state index contributed by atoms with van der Waals surface area (Å²) in [7, 11) is 0. The Hall–Kier alpha value is -1.90. The molecule has 0 spiro atoms. The van der Waals surface area contributed by atoms with E-state index in [1.807, 2.05) is 0 Å². The van der Waals surface area contributed by atoms with Gasteiger partial charge in [0.25, 0.3) is 0 Å². The Labute approximate surface area is 115 Å². The second-order valence-electron chi connectivity index (χ2n) is 4.68. The zero-order chi connectivity index (χ0) is 13.7. The molecule has 0 aliphatic heterocycles. The van der Waals surface area contributed by atoms with Crippen molar-refractivity contribution in [1.82, 2.24) is 9.97 Å². The Kier molecular flexibility index (Phi) is 4.50. The van der Waals surface area contributed by atoms with Crippen LogP contribution in [0.4, 0.5) is 5.82 Å². The van der Waals surface area contributed by atoms with Crippen LogP contribution in [0.3, 0.4) is 0 Å². The molecule has 0 fully saturated rings. The van der Waals surface area contributed by atoms with Crippen molar-refractivity contribution < 1.29 is 0 Å². The summed E-state index contributed by atoms with van der Waals surface area (Å²) in [5.74, 6) is 0.939. The zero-order valence-electron chi connectivity index (χ0n) is 11.9. The van der Waals surface area contributed by atoms with Gasteiger partial charge in [-0.3, -0.25) is 0 Å². The van der Waals surface area contributed by atoms with Gasteiger partial charge in [0.15, 0.2) is 0 Å². The summed E-state index contributed by atoms with van der Waals surface area (Å²) in [5, 5.41) is 3.35. The molecule has 0 bridgehead atoms. The van der Waals surface area contributed by atoms with E-state index in [2.05, 4.69) is 60.3 Å². The Balaban J connectivity index is 2.38. The van der Waals surface area contributed by atoms with E-state index in [1.165, 1.54) is 11.1 Å². The van der Waals surface area contributed by atoms with E-state index in [0.29, 0.717) is 0 Å². The van der Waals surface area contributed by atoms with E-state index < -0.39 is 0 Å². The predicted octanol–water partition coefficient (Wildman–Crippen LogP) is 3.84. The second-order valence-corrected chi connectivity index (χ2v) is 4.68. The van der Waals surface area contributed by atoms with Crippen LogP contribution in [0.1, 0.15) is 31.4 Å². The molecule has 100 valence electrons. The van der Waals surface area contributed by atoms with Crippen molar-refractivity contribution in [3.05, 3.63) is 41.7 Å². The molecule has 0 amide bonds. The van der Waals surface area contributed by atoms with Crippen molar-refractivity contribution in [3.63, 3.8) is 0 Å². The van der Waals surface area contributed by atoms with Gasteiger partial charge in [-0.25, -0.2) is 9.97 Å². The first-order valence-electron chi connectivity index (χ1n) is 6.91. The minimum atomic E-state index is 0.937. The summed E-state index contributed by atoms with van der Waals surface area (Å²) < 4.78 is 0. The normalized spacial score (nSPS) is 10.5. The molecule has 0 saturated heterocycles. The van der Waals surface area contributed by atoms with Gasteiger partial charge in [-0.2, -0.15) is 0 Å². The molecule has 3 nitrogen and oxygen atoms in total. The van der Waals surface area contributed by atoms with Crippen LogP contribution in [-0.4, -0.2) is 16.5 Å². The molecule has 3 heteroatoms. The highest BCUT2D eigenvalue weighted by atomic mass is 15.0. The largest absolute Gasteiger partial charge is 0.370 e. The van der Waals surface area contributed by atoms with Gasteiger partial charge in [-0.1, -0.05) is 32.0 Å². The third-order valence-corrected chi connectivity index (χ3v) is 3.24. The molecule has 0 radical (unpaired) electrons. The summed E-state index contributed by atoms with van der Waals surface area (Å²) in [5.41, 5.74) is 4.63. The molecule has 19 heavy (non-hydrogen) atoms. The number of rotatable bonds is 5. The summed E-state index contributed by atoms with van der Waals surface area (Å²) in [6, 6.07) is 8.56. The number of hydrogen-bond donors (Lipinski definition) is 1. The van der Waals surface area contributed by atoms with Gasteiger partial charge in [0.05, 0.1) is 5.69 Å². The number of aryl methyl sites for hydroxylation is 1. The number of aromatic nitrogens is 2. The minimum Gasteiger partial charge on any atom is -0.370 e. The fraction of sp³-hybridized carbons (Fsp3) is 0.375. The van der Waals surface area contributed by atoms with E-state index in [1.54, 1.807) is 6.33 Å². The van der Waals surface area contributed by atoms with Gasteiger partial charge in [0.1, 0.15) is 12.1 Å². The summed E-state index contributed by atoms with van der Waals surface area (Å²) in [4.78, 5) is 8.76.